The van der Waals surface area contributed by atoms with Gasteiger partial charge in [0.05, 0.1) is 15.1 Å². The molecule has 0 aliphatic carbocycles. The summed E-state index contributed by atoms with van der Waals surface area (Å²) >= 11 is 0.995. The molecule has 0 N–H and O–H groups in total. The molecule has 1 saturated heterocycles. The van der Waals surface area contributed by atoms with E-state index >= 15 is 0 Å². The molecule has 0 spiro atoms. The summed E-state index contributed by atoms with van der Waals surface area (Å²) in [6, 6.07) is 7.62. The van der Waals surface area contributed by atoms with Crippen molar-refractivity contribution in [1.82, 2.24) is 8.87 Å². The van der Waals surface area contributed by atoms with Crippen molar-refractivity contribution < 1.29 is 22.0 Å². The van der Waals surface area contributed by atoms with E-state index in [9.17, 15) is 22.0 Å². The summed E-state index contributed by atoms with van der Waals surface area (Å²) in [5.74, 6) is -1.47. The van der Waals surface area contributed by atoms with Crippen LogP contribution in [0.4, 0.5) is 8.78 Å². The Morgan fingerprint density at radius 2 is 1.72 bits per heavy atom. The molecule has 2 aromatic carbocycles. The van der Waals surface area contributed by atoms with Crippen LogP contribution in [0, 0.1) is 23.5 Å². The normalized spacial score (nSPS) is 20.7. The summed E-state index contributed by atoms with van der Waals surface area (Å²) in [5, 5.41) is 0. The van der Waals surface area contributed by atoms with Gasteiger partial charge in [-0.1, -0.05) is 25.2 Å². The number of benzene rings is 2. The first kappa shape index (κ1) is 22.8. The summed E-state index contributed by atoms with van der Waals surface area (Å²) in [6.07, 6.45) is 0.993. The standard InChI is InChI=1S/C22H23F2N3O3S2/c1-13-8-14(2)12-27(11-13)32(29,30)17-6-4-15(5-7-17)21(28)25-22-26(3)20-18(24)9-16(23)10-19(20)31-22/h4-7,9-10,13-14H,8,11-12H2,1-3H3/t13-,14-/m0/s1. The maximum absolute atomic E-state index is 14.1. The summed E-state index contributed by atoms with van der Waals surface area (Å²) < 4.78 is 56.8. The van der Waals surface area contributed by atoms with Gasteiger partial charge in [-0.25, -0.2) is 17.2 Å². The highest BCUT2D eigenvalue weighted by Gasteiger charge is 2.31. The molecule has 0 unspecified atom stereocenters. The van der Waals surface area contributed by atoms with Gasteiger partial charge < -0.3 is 4.57 Å². The van der Waals surface area contributed by atoms with Gasteiger partial charge >= 0.3 is 0 Å². The number of rotatable bonds is 3. The number of fused-ring (bicyclic) bond motifs is 1. The molecule has 32 heavy (non-hydrogen) atoms. The Kier molecular flexibility index (Phi) is 6.04. The Bertz CT molecular complexity index is 1350. The Balaban J connectivity index is 1.62. The molecule has 0 radical (unpaired) electrons. The Morgan fingerprint density at radius 3 is 2.34 bits per heavy atom. The van der Waals surface area contributed by atoms with Crippen molar-refractivity contribution in [2.45, 2.75) is 25.2 Å². The number of nitrogens with zero attached hydrogens (tertiary/aromatic N) is 3. The first-order valence-electron chi connectivity index (χ1n) is 10.2. The predicted octanol–water partition coefficient (Wildman–Crippen LogP) is 3.93. The smallest absolute Gasteiger partial charge is 0.279 e. The number of carbonyl (C=O) groups is 1. The third-order valence-electron chi connectivity index (χ3n) is 5.59. The van der Waals surface area contributed by atoms with Crippen LogP contribution < -0.4 is 4.80 Å². The molecule has 0 bridgehead atoms. The highest BCUT2D eigenvalue weighted by atomic mass is 32.2. The quantitative estimate of drug-likeness (QED) is 0.572. The Hall–Kier alpha value is -2.43. The second-order valence-electron chi connectivity index (χ2n) is 8.39. The minimum Gasteiger partial charge on any atom is -0.317 e. The van der Waals surface area contributed by atoms with Gasteiger partial charge in [0.1, 0.15) is 5.82 Å². The summed E-state index contributed by atoms with van der Waals surface area (Å²) in [6.45, 7) is 5.02. The summed E-state index contributed by atoms with van der Waals surface area (Å²) in [4.78, 5) is 17.0. The van der Waals surface area contributed by atoms with Gasteiger partial charge in [0.15, 0.2) is 10.6 Å². The monoisotopic (exact) mass is 479 g/mol. The van der Waals surface area contributed by atoms with E-state index in [1.807, 2.05) is 13.8 Å². The maximum atomic E-state index is 14.1. The van der Waals surface area contributed by atoms with Gasteiger partial charge in [0.2, 0.25) is 10.0 Å². The number of aryl methyl sites for hydroxylation is 1. The van der Waals surface area contributed by atoms with Crippen LogP contribution in [0.2, 0.25) is 0 Å². The molecule has 1 fully saturated rings. The Labute approximate surface area is 188 Å². The lowest BCUT2D eigenvalue weighted by Crippen LogP contribution is -2.42. The predicted molar refractivity (Wildman–Crippen MR) is 119 cm³/mol. The fraction of sp³-hybridized carbons (Fsp3) is 0.364. The highest BCUT2D eigenvalue weighted by Crippen LogP contribution is 2.27. The number of hydrogen-bond donors (Lipinski definition) is 0. The first-order valence-corrected chi connectivity index (χ1v) is 12.5. The van der Waals surface area contributed by atoms with Gasteiger partial charge in [0, 0.05) is 31.8 Å². The summed E-state index contributed by atoms with van der Waals surface area (Å²) in [5.41, 5.74) is 0.364. The second-order valence-corrected chi connectivity index (χ2v) is 11.3. The van der Waals surface area contributed by atoms with Crippen LogP contribution in [-0.2, 0) is 17.1 Å². The van der Waals surface area contributed by atoms with Gasteiger partial charge in [-0.2, -0.15) is 9.30 Å². The van der Waals surface area contributed by atoms with Crippen LogP contribution >= 0.6 is 11.3 Å². The molecular formula is C22H23F2N3O3S2. The Morgan fingerprint density at radius 1 is 1.09 bits per heavy atom. The molecule has 10 heteroatoms. The van der Waals surface area contributed by atoms with Crippen LogP contribution in [-0.4, -0.2) is 36.3 Å². The van der Waals surface area contributed by atoms with Crippen LogP contribution in [0.25, 0.3) is 10.2 Å². The fourth-order valence-corrected chi connectivity index (χ4v) is 6.91. The van der Waals surface area contributed by atoms with Gasteiger partial charge in [-0.3, -0.25) is 4.79 Å². The topological polar surface area (TPSA) is 71.7 Å². The van der Waals surface area contributed by atoms with Crippen molar-refractivity contribution in [2.75, 3.05) is 13.1 Å². The number of piperidine rings is 1. The van der Waals surface area contributed by atoms with Crippen LogP contribution in [0.1, 0.15) is 30.6 Å². The SMILES string of the molecule is C[C@H]1C[C@H](C)CN(S(=O)(=O)c2ccc(C(=O)N=c3sc4cc(F)cc(F)c4n3C)cc2)C1. The molecule has 1 aromatic heterocycles. The minimum atomic E-state index is -3.65. The van der Waals surface area contributed by atoms with E-state index in [4.69, 9.17) is 0 Å². The van der Waals surface area contributed by atoms with Crippen molar-refractivity contribution in [3.8, 4) is 0 Å². The van der Waals surface area contributed by atoms with Crippen LogP contribution in [0.5, 0.6) is 0 Å². The summed E-state index contributed by atoms with van der Waals surface area (Å²) in [7, 11) is -2.11. The van der Waals surface area contributed by atoms with E-state index in [1.54, 1.807) is 7.05 Å². The van der Waals surface area contributed by atoms with E-state index < -0.39 is 27.6 Å². The first-order chi connectivity index (χ1) is 15.1. The van der Waals surface area contributed by atoms with E-state index in [2.05, 4.69) is 4.99 Å². The molecule has 3 aromatic rings. The molecule has 1 aliphatic rings. The molecule has 170 valence electrons. The van der Waals surface area contributed by atoms with Crippen molar-refractivity contribution in [3.63, 3.8) is 0 Å². The maximum Gasteiger partial charge on any atom is 0.279 e. The number of carbonyl (C=O) groups excluding carboxylic acids is 1. The van der Waals surface area contributed by atoms with Crippen molar-refractivity contribution in [1.29, 1.82) is 0 Å². The van der Waals surface area contributed by atoms with E-state index in [-0.39, 0.29) is 32.6 Å². The van der Waals surface area contributed by atoms with E-state index in [0.717, 1.165) is 23.8 Å². The van der Waals surface area contributed by atoms with Gasteiger partial charge in [0.25, 0.3) is 5.91 Å². The van der Waals surface area contributed by atoms with E-state index in [0.29, 0.717) is 17.8 Å². The molecule has 1 amide bonds. The van der Waals surface area contributed by atoms with Crippen molar-refractivity contribution in [2.24, 2.45) is 23.9 Å². The zero-order chi connectivity index (χ0) is 23.2. The van der Waals surface area contributed by atoms with Crippen LogP contribution in [0.3, 0.4) is 0 Å². The number of thiazole rings is 1. The number of sulfonamides is 1. The van der Waals surface area contributed by atoms with Gasteiger partial charge in [-0.05, 0) is 48.6 Å². The third kappa shape index (κ3) is 4.26. The second kappa shape index (κ2) is 8.49. The van der Waals surface area contributed by atoms with Crippen molar-refractivity contribution >= 4 is 37.5 Å². The lowest BCUT2D eigenvalue weighted by molar-refractivity contribution is 0.0998. The molecule has 2 atom stereocenters. The third-order valence-corrected chi connectivity index (χ3v) is 8.51. The number of amides is 1. The van der Waals surface area contributed by atoms with E-state index in [1.165, 1.54) is 39.2 Å². The number of halogens is 2. The molecule has 1 aliphatic heterocycles. The lowest BCUT2D eigenvalue weighted by Gasteiger charge is -2.34. The highest BCUT2D eigenvalue weighted by molar-refractivity contribution is 7.89. The molecule has 6 nitrogen and oxygen atoms in total. The zero-order valence-corrected chi connectivity index (χ0v) is 19.5. The molecular weight excluding hydrogens is 456 g/mol. The number of hydrogen-bond acceptors (Lipinski definition) is 4. The van der Waals surface area contributed by atoms with Crippen molar-refractivity contribution in [3.05, 3.63) is 58.4 Å². The largest absolute Gasteiger partial charge is 0.317 e. The fourth-order valence-electron chi connectivity index (χ4n) is 4.18. The molecule has 0 saturated carbocycles. The lowest BCUT2D eigenvalue weighted by atomic mass is 9.94. The molecule has 4 rings (SSSR count). The van der Waals surface area contributed by atoms with Crippen LogP contribution in [0.15, 0.2) is 46.3 Å². The average Bonchev–Trinajstić information content (AvgIpc) is 3.02. The zero-order valence-electron chi connectivity index (χ0n) is 17.9. The van der Waals surface area contributed by atoms with Gasteiger partial charge in [-0.15, -0.1) is 0 Å². The average molecular weight is 480 g/mol. The molecule has 2 heterocycles. The number of aromatic nitrogens is 1. The minimum absolute atomic E-state index is 0.125.